The molecule has 0 radical (unpaired) electrons. The van der Waals surface area contributed by atoms with Crippen LogP contribution in [0.15, 0.2) is 174 Å². The average molecular weight is 1010 g/mol. The van der Waals surface area contributed by atoms with Gasteiger partial charge in [0.05, 0.1) is 16.7 Å². The lowest BCUT2D eigenvalue weighted by Crippen LogP contribution is -2.17. The van der Waals surface area contributed by atoms with E-state index >= 15 is 0 Å². The SMILES string of the molecule is CC.Cc1ccc2c(c1)c1cc(-c3ccccc3)ccc1n2-c1cc2c(c3ccccc13)-c1ccc(N(c3ccc(SI)cc3)c3ccc(SI)cc3)cc1C2(C)C. The van der Waals surface area contributed by atoms with Crippen LogP contribution in [0.2, 0.25) is 0 Å². The average Bonchev–Trinajstić information content (AvgIpc) is 3.71. The van der Waals surface area contributed by atoms with Gasteiger partial charge in [0.2, 0.25) is 0 Å². The van der Waals surface area contributed by atoms with Gasteiger partial charge in [-0.1, -0.05) is 124 Å². The van der Waals surface area contributed by atoms with Crippen LogP contribution in [0.5, 0.6) is 0 Å². The zero-order valence-corrected chi connectivity index (χ0v) is 39.0. The molecule has 9 aromatic rings. The van der Waals surface area contributed by atoms with Crippen LogP contribution in [-0.2, 0) is 5.41 Å². The van der Waals surface area contributed by atoms with Crippen molar-refractivity contribution in [3.8, 4) is 27.9 Å². The van der Waals surface area contributed by atoms with Crippen LogP contribution in [0, 0.1) is 6.92 Å². The number of hydrogen-bond acceptors (Lipinski definition) is 3. The van der Waals surface area contributed by atoms with Gasteiger partial charge in [0.15, 0.2) is 0 Å². The monoisotopic (exact) mass is 1010 g/mol. The Balaban J connectivity index is 0.00000215. The van der Waals surface area contributed by atoms with Crippen molar-refractivity contribution in [1.29, 1.82) is 0 Å². The molecular formula is C52H42I2N2S2. The third-order valence-electron chi connectivity index (χ3n) is 11.5. The van der Waals surface area contributed by atoms with Gasteiger partial charge in [0.1, 0.15) is 0 Å². The molecule has 10 rings (SSSR count). The Morgan fingerprint density at radius 3 is 1.71 bits per heavy atom. The third kappa shape index (κ3) is 6.64. The van der Waals surface area contributed by atoms with Crippen molar-refractivity contribution in [3.63, 3.8) is 0 Å². The summed E-state index contributed by atoms with van der Waals surface area (Å²) in [5, 5.41) is 5.11. The minimum atomic E-state index is -0.246. The number of aromatic nitrogens is 1. The quantitative estimate of drug-likeness (QED) is 0.147. The fourth-order valence-corrected chi connectivity index (χ4v) is 11.1. The first-order valence-electron chi connectivity index (χ1n) is 19.7. The van der Waals surface area contributed by atoms with Crippen molar-refractivity contribution in [3.05, 3.63) is 180 Å². The molecule has 1 aromatic heterocycles. The molecule has 0 atom stereocenters. The normalized spacial score (nSPS) is 12.7. The van der Waals surface area contributed by atoms with E-state index in [0.29, 0.717) is 0 Å². The van der Waals surface area contributed by atoms with E-state index in [1.54, 1.807) is 17.9 Å². The Hall–Kier alpha value is -4.22. The van der Waals surface area contributed by atoms with E-state index in [0.717, 1.165) is 17.1 Å². The van der Waals surface area contributed by atoms with Crippen LogP contribution in [0.25, 0.3) is 60.5 Å². The van der Waals surface area contributed by atoms with Crippen molar-refractivity contribution in [2.24, 2.45) is 0 Å². The first-order valence-corrected chi connectivity index (χ1v) is 26.4. The van der Waals surface area contributed by atoms with E-state index in [4.69, 9.17) is 0 Å². The fraction of sp³-hybridized carbons (Fsp3) is 0.115. The molecule has 0 unspecified atom stereocenters. The van der Waals surface area contributed by atoms with Gasteiger partial charge in [-0.2, -0.15) is 0 Å². The van der Waals surface area contributed by atoms with Crippen LogP contribution < -0.4 is 4.90 Å². The van der Waals surface area contributed by atoms with Crippen molar-refractivity contribution in [2.75, 3.05) is 4.90 Å². The molecule has 2 nitrogen and oxygen atoms in total. The molecule has 58 heavy (non-hydrogen) atoms. The van der Waals surface area contributed by atoms with Gasteiger partial charge in [-0.3, -0.25) is 0 Å². The highest BCUT2D eigenvalue weighted by atomic mass is 127. The maximum absolute atomic E-state index is 2.52. The first-order chi connectivity index (χ1) is 28.3. The molecular weight excluding hydrogens is 971 g/mol. The standard InChI is InChI=1S/C50H36I2N2S2.C2H6/c1-31-13-25-46-42(27-31)43-28-33(32-9-5-4-6-10-32)14-26-47(43)54(46)48-30-45-49(40-12-8-7-11-39(40)48)41-24-19-36(29-44(41)50(45,2)3)53(34-15-20-37(55-51)21-16-34)35-17-22-38(56-52)23-18-35;1-2/h4-30H,1-3H3;1-2H3. The molecule has 0 saturated carbocycles. The summed E-state index contributed by atoms with van der Waals surface area (Å²) in [5.41, 5.74) is 16.0. The zero-order chi connectivity index (χ0) is 40.1. The number of benzene rings is 8. The van der Waals surface area contributed by atoms with Crippen LogP contribution >= 0.6 is 60.3 Å². The minimum absolute atomic E-state index is 0.246. The smallest absolute Gasteiger partial charge is 0.0544 e. The number of fused-ring (bicyclic) bond motifs is 8. The predicted molar refractivity (Wildman–Crippen MR) is 272 cm³/mol. The van der Waals surface area contributed by atoms with E-state index < -0.39 is 0 Å². The summed E-state index contributed by atoms with van der Waals surface area (Å²) in [7, 11) is 3.49. The Bertz CT molecular complexity index is 2920. The highest BCUT2D eigenvalue weighted by Crippen LogP contribution is 2.54. The second kappa shape index (κ2) is 16.1. The summed E-state index contributed by atoms with van der Waals surface area (Å²) >= 11 is 4.72. The van der Waals surface area contributed by atoms with E-state index in [9.17, 15) is 0 Å². The second-order valence-corrected chi connectivity index (χ2v) is 19.0. The van der Waals surface area contributed by atoms with Crippen molar-refractivity contribution < 1.29 is 0 Å². The molecule has 0 amide bonds. The van der Waals surface area contributed by atoms with Crippen LogP contribution in [-0.4, -0.2) is 4.57 Å². The lowest BCUT2D eigenvalue weighted by Gasteiger charge is -2.28. The highest BCUT2D eigenvalue weighted by Gasteiger charge is 2.38. The van der Waals surface area contributed by atoms with E-state index in [-0.39, 0.29) is 5.41 Å². The van der Waals surface area contributed by atoms with Crippen LogP contribution in [0.3, 0.4) is 0 Å². The Labute approximate surface area is 374 Å². The third-order valence-corrected chi connectivity index (χ3v) is 15.5. The molecule has 8 aromatic carbocycles. The Morgan fingerprint density at radius 2 is 1.07 bits per heavy atom. The van der Waals surface area contributed by atoms with Gasteiger partial charge < -0.3 is 9.47 Å². The summed E-state index contributed by atoms with van der Waals surface area (Å²) in [6, 6.07) is 61.1. The number of halogens is 2. The molecule has 0 spiro atoms. The fourth-order valence-electron chi connectivity index (χ4n) is 8.82. The molecule has 0 saturated heterocycles. The van der Waals surface area contributed by atoms with Gasteiger partial charge in [0, 0.05) is 90.8 Å². The lowest BCUT2D eigenvalue weighted by atomic mass is 9.81. The minimum Gasteiger partial charge on any atom is -0.310 e. The first kappa shape index (κ1) is 39.3. The highest BCUT2D eigenvalue weighted by molar-refractivity contribution is 14.2. The molecule has 1 aliphatic carbocycles. The number of anilines is 3. The Kier molecular flexibility index (Phi) is 10.9. The number of rotatable bonds is 7. The molecule has 0 aliphatic heterocycles. The van der Waals surface area contributed by atoms with E-state index in [2.05, 4.69) is 236 Å². The summed E-state index contributed by atoms with van der Waals surface area (Å²) in [6.07, 6.45) is 0. The van der Waals surface area contributed by atoms with Crippen molar-refractivity contribution >= 4 is 110 Å². The number of nitrogens with zero attached hydrogens (tertiary/aromatic N) is 2. The molecule has 1 heterocycles. The van der Waals surface area contributed by atoms with Crippen LogP contribution in [0.1, 0.15) is 44.4 Å². The van der Waals surface area contributed by atoms with Gasteiger partial charge in [-0.15, -0.1) is 0 Å². The maximum Gasteiger partial charge on any atom is 0.0544 e. The van der Waals surface area contributed by atoms with Crippen molar-refractivity contribution in [1.82, 2.24) is 4.57 Å². The summed E-state index contributed by atoms with van der Waals surface area (Å²) in [4.78, 5) is 4.89. The molecule has 6 heteroatoms. The molecule has 0 fully saturated rings. The number of aryl methyl sites for hydroxylation is 1. The number of hydrogen-bond donors (Lipinski definition) is 0. The van der Waals surface area contributed by atoms with Gasteiger partial charge in [-0.25, -0.2) is 0 Å². The summed E-state index contributed by atoms with van der Waals surface area (Å²) in [6.45, 7) is 11.0. The largest absolute Gasteiger partial charge is 0.310 e. The van der Waals surface area contributed by atoms with E-state index in [1.807, 2.05) is 13.8 Å². The maximum atomic E-state index is 2.52. The molecule has 1 aliphatic rings. The molecule has 286 valence electrons. The molecule has 0 bridgehead atoms. The van der Waals surface area contributed by atoms with Gasteiger partial charge >= 0.3 is 0 Å². The topological polar surface area (TPSA) is 8.17 Å². The van der Waals surface area contributed by atoms with Crippen LogP contribution in [0.4, 0.5) is 17.1 Å². The lowest BCUT2D eigenvalue weighted by molar-refractivity contribution is 0.660. The summed E-state index contributed by atoms with van der Waals surface area (Å²) in [5.74, 6) is 0. The zero-order valence-electron chi connectivity index (χ0n) is 33.1. The predicted octanol–water partition coefficient (Wildman–Crippen LogP) is 17.6. The second-order valence-electron chi connectivity index (χ2n) is 15.2. The van der Waals surface area contributed by atoms with Crippen molar-refractivity contribution in [2.45, 2.75) is 49.8 Å². The van der Waals surface area contributed by atoms with E-state index in [1.165, 1.54) is 87.0 Å². The summed E-state index contributed by atoms with van der Waals surface area (Å²) < 4.78 is 2.52. The van der Waals surface area contributed by atoms with Gasteiger partial charge in [-0.05, 0) is 137 Å². The molecule has 0 N–H and O–H groups in total. The van der Waals surface area contributed by atoms with Gasteiger partial charge in [0.25, 0.3) is 0 Å². The Morgan fingerprint density at radius 1 is 0.500 bits per heavy atom.